The van der Waals surface area contributed by atoms with Gasteiger partial charge in [0.1, 0.15) is 5.82 Å². The minimum absolute atomic E-state index is 0.0115. The third-order valence-electron chi connectivity index (χ3n) is 6.50. The number of aryl methyl sites for hydroxylation is 1. The van der Waals surface area contributed by atoms with Gasteiger partial charge >= 0.3 is 0 Å². The van der Waals surface area contributed by atoms with Gasteiger partial charge in [0, 0.05) is 44.2 Å². The minimum Gasteiger partial charge on any atom is -0.349 e. The number of aromatic nitrogens is 2. The fraction of sp³-hybridized carbons (Fsp3) is 0.400. The number of carbonyl (C=O) groups excluding carboxylic acids is 1. The van der Waals surface area contributed by atoms with Crippen LogP contribution in [0.4, 0.5) is 0 Å². The standard InChI is InChI=1S/C25H28N4O2/c30-24(26-20-11-14-28(15-12-20)17-18-6-2-1-3-7-18)19-9-10-21-22(16-19)27-23-8-4-5-13-29(23)25(21)31/h1-3,6-7,9-10,16,20H,4-5,8,11-15,17H2,(H,26,30). The maximum absolute atomic E-state index is 12.9. The van der Waals surface area contributed by atoms with E-state index in [9.17, 15) is 9.59 Å². The summed E-state index contributed by atoms with van der Waals surface area (Å²) in [5.41, 5.74) is 2.54. The van der Waals surface area contributed by atoms with Crippen LogP contribution in [0.25, 0.3) is 10.9 Å². The molecule has 3 heterocycles. The van der Waals surface area contributed by atoms with Crippen LogP contribution in [0.3, 0.4) is 0 Å². The van der Waals surface area contributed by atoms with Gasteiger partial charge in [0.05, 0.1) is 10.9 Å². The highest BCUT2D eigenvalue weighted by Gasteiger charge is 2.22. The number of carbonyl (C=O) groups is 1. The normalized spacial score (nSPS) is 17.4. The fourth-order valence-electron chi connectivity index (χ4n) is 4.73. The van der Waals surface area contributed by atoms with E-state index >= 15 is 0 Å². The predicted octanol–water partition coefficient (Wildman–Crippen LogP) is 3.13. The Bertz CT molecular complexity index is 1150. The fourth-order valence-corrected chi connectivity index (χ4v) is 4.73. The first-order valence-corrected chi connectivity index (χ1v) is 11.3. The SMILES string of the molecule is O=C(NC1CCN(Cc2ccccc2)CC1)c1ccc2c(=O)n3c(nc2c1)CCCC3. The molecule has 5 rings (SSSR count). The zero-order chi connectivity index (χ0) is 21.2. The van der Waals surface area contributed by atoms with Crippen molar-refractivity contribution >= 4 is 16.8 Å². The van der Waals surface area contributed by atoms with Gasteiger partial charge in [0.2, 0.25) is 0 Å². The molecule has 0 saturated carbocycles. The summed E-state index contributed by atoms with van der Waals surface area (Å²) < 4.78 is 1.79. The molecule has 6 nitrogen and oxygen atoms in total. The van der Waals surface area contributed by atoms with Crippen LogP contribution in [0.15, 0.2) is 53.3 Å². The van der Waals surface area contributed by atoms with Gasteiger partial charge in [0.25, 0.3) is 11.5 Å². The number of nitrogens with zero attached hydrogens (tertiary/aromatic N) is 3. The van der Waals surface area contributed by atoms with Crippen molar-refractivity contribution in [3.63, 3.8) is 0 Å². The third kappa shape index (κ3) is 4.26. The second kappa shape index (κ2) is 8.63. The summed E-state index contributed by atoms with van der Waals surface area (Å²) in [6.45, 7) is 3.64. The molecule has 1 N–H and O–H groups in total. The first-order valence-electron chi connectivity index (χ1n) is 11.3. The lowest BCUT2D eigenvalue weighted by Gasteiger charge is -2.32. The maximum Gasteiger partial charge on any atom is 0.261 e. The van der Waals surface area contributed by atoms with E-state index in [4.69, 9.17) is 4.98 Å². The van der Waals surface area contributed by atoms with Gasteiger partial charge in [-0.3, -0.25) is 19.1 Å². The average Bonchev–Trinajstić information content (AvgIpc) is 2.81. The summed E-state index contributed by atoms with van der Waals surface area (Å²) in [5, 5.41) is 3.78. The Balaban J connectivity index is 1.24. The number of fused-ring (bicyclic) bond motifs is 2. The van der Waals surface area contributed by atoms with Crippen LogP contribution in [-0.2, 0) is 19.5 Å². The highest BCUT2D eigenvalue weighted by Crippen LogP contribution is 2.18. The molecule has 0 unspecified atom stereocenters. The lowest BCUT2D eigenvalue weighted by molar-refractivity contribution is 0.0909. The lowest BCUT2D eigenvalue weighted by atomic mass is 10.0. The molecule has 2 aromatic carbocycles. The van der Waals surface area contributed by atoms with Crippen LogP contribution >= 0.6 is 0 Å². The first-order chi connectivity index (χ1) is 15.2. The second-order valence-electron chi connectivity index (χ2n) is 8.68. The molecule has 0 bridgehead atoms. The molecule has 1 saturated heterocycles. The molecule has 1 fully saturated rings. The third-order valence-corrected chi connectivity index (χ3v) is 6.50. The van der Waals surface area contributed by atoms with Gasteiger partial charge in [-0.05, 0) is 49.4 Å². The Morgan fingerprint density at radius 2 is 1.84 bits per heavy atom. The lowest BCUT2D eigenvalue weighted by Crippen LogP contribution is -2.44. The van der Waals surface area contributed by atoms with Crippen LogP contribution in [-0.4, -0.2) is 39.5 Å². The monoisotopic (exact) mass is 416 g/mol. The van der Waals surface area contributed by atoms with E-state index in [0.29, 0.717) is 16.5 Å². The smallest absolute Gasteiger partial charge is 0.261 e. The Labute approximate surface area is 181 Å². The Morgan fingerprint density at radius 1 is 1.03 bits per heavy atom. The van der Waals surface area contributed by atoms with Crippen molar-refractivity contribution in [3.05, 3.63) is 75.8 Å². The molecule has 0 aliphatic carbocycles. The van der Waals surface area contributed by atoms with Crippen LogP contribution in [0, 0.1) is 0 Å². The number of benzene rings is 2. The molecule has 1 aromatic heterocycles. The molecule has 31 heavy (non-hydrogen) atoms. The summed E-state index contributed by atoms with van der Waals surface area (Å²) in [6.07, 6.45) is 4.79. The molecule has 160 valence electrons. The van der Waals surface area contributed by atoms with Gasteiger partial charge in [-0.25, -0.2) is 4.98 Å². The number of piperidine rings is 1. The molecule has 2 aliphatic rings. The summed E-state index contributed by atoms with van der Waals surface area (Å²) in [6, 6.07) is 16.0. The number of likely N-dealkylation sites (tertiary alicyclic amines) is 1. The van der Waals surface area contributed by atoms with Crippen molar-refractivity contribution in [1.82, 2.24) is 19.8 Å². The summed E-state index contributed by atoms with van der Waals surface area (Å²) in [4.78, 5) is 32.7. The zero-order valence-corrected chi connectivity index (χ0v) is 17.7. The van der Waals surface area contributed by atoms with Gasteiger partial charge in [-0.2, -0.15) is 0 Å². The molecule has 3 aromatic rings. The van der Waals surface area contributed by atoms with Crippen LogP contribution in [0.2, 0.25) is 0 Å². The van der Waals surface area contributed by atoms with Gasteiger partial charge < -0.3 is 5.32 Å². The summed E-state index contributed by atoms with van der Waals surface area (Å²) >= 11 is 0. The van der Waals surface area contributed by atoms with Crippen molar-refractivity contribution < 1.29 is 4.79 Å². The van der Waals surface area contributed by atoms with Crippen LogP contribution in [0.1, 0.15) is 47.4 Å². The average molecular weight is 417 g/mol. The minimum atomic E-state index is -0.0805. The van der Waals surface area contributed by atoms with Crippen molar-refractivity contribution in [2.75, 3.05) is 13.1 Å². The molecule has 1 amide bonds. The first kappa shape index (κ1) is 19.9. The summed E-state index contributed by atoms with van der Waals surface area (Å²) in [5.74, 6) is 0.759. The number of rotatable bonds is 4. The Kier molecular flexibility index (Phi) is 5.55. The number of nitrogens with one attached hydrogen (secondary N) is 1. The molecular weight excluding hydrogens is 388 g/mol. The van der Waals surface area contributed by atoms with E-state index in [2.05, 4.69) is 34.5 Å². The van der Waals surface area contributed by atoms with Gasteiger partial charge in [-0.15, -0.1) is 0 Å². The van der Waals surface area contributed by atoms with E-state index in [-0.39, 0.29) is 17.5 Å². The van der Waals surface area contributed by atoms with E-state index in [1.807, 2.05) is 6.07 Å². The number of hydrogen-bond donors (Lipinski definition) is 1. The Morgan fingerprint density at radius 3 is 2.65 bits per heavy atom. The van der Waals surface area contributed by atoms with E-state index in [0.717, 1.165) is 64.1 Å². The Hall–Kier alpha value is -2.99. The van der Waals surface area contributed by atoms with E-state index < -0.39 is 0 Å². The second-order valence-corrected chi connectivity index (χ2v) is 8.68. The van der Waals surface area contributed by atoms with Crippen LogP contribution in [0.5, 0.6) is 0 Å². The highest BCUT2D eigenvalue weighted by atomic mass is 16.1. The molecule has 6 heteroatoms. The van der Waals surface area contributed by atoms with Crippen LogP contribution < -0.4 is 10.9 Å². The van der Waals surface area contributed by atoms with Crippen molar-refractivity contribution in [2.45, 2.75) is 51.2 Å². The molecular formula is C25H28N4O2. The van der Waals surface area contributed by atoms with E-state index in [1.165, 1.54) is 5.56 Å². The van der Waals surface area contributed by atoms with Crippen molar-refractivity contribution in [2.24, 2.45) is 0 Å². The molecule has 0 atom stereocenters. The largest absolute Gasteiger partial charge is 0.349 e. The quantitative estimate of drug-likeness (QED) is 0.710. The molecule has 0 radical (unpaired) electrons. The topological polar surface area (TPSA) is 67.2 Å². The van der Waals surface area contributed by atoms with Gasteiger partial charge in [-0.1, -0.05) is 30.3 Å². The highest BCUT2D eigenvalue weighted by molar-refractivity contribution is 5.97. The molecule has 2 aliphatic heterocycles. The number of hydrogen-bond acceptors (Lipinski definition) is 4. The molecule has 0 spiro atoms. The maximum atomic E-state index is 12.9. The zero-order valence-electron chi connectivity index (χ0n) is 17.7. The van der Waals surface area contributed by atoms with Crippen molar-refractivity contribution in [1.29, 1.82) is 0 Å². The summed E-state index contributed by atoms with van der Waals surface area (Å²) in [7, 11) is 0. The van der Waals surface area contributed by atoms with E-state index in [1.54, 1.807) is 22.8 Å². The van der Waals surface area contributed by atoms with Crippen molar-refractivity contribution in [3.8, 4) is 0 Å². The van der Waals surface area contributed by atoms with Gasteiger partial charge in [0.15, 0.2) is 0 Å². The number of amides is 1. The predicted molar refractivity (Wildman–Crippen MR) is 121 cm³/mol.